The predicted octanol–water partition coefficient (Wildman–Crippen LogP) is 3.77. The Hall–Kier alpha value is -1.72. The number of pyridine rings is 1. The maximum atomic E-state index is 10.4. The van der Waals surface area contributed by atoms with Crippen molar-refractivity contribution in [2.45, 2.75) is 17.1 Å². The van der Waals surface area contributed by atoms with E-state index in [2.05, 4.69) is 42.4 Å². The fourth-order valence-electron chi connectivity index (χ4n) is 2.91. The van der Waals surface area contributed by atoms with Crippen molar-refractivity contribution in [3.05, 3.63) is 29.8 Å². The zero-order chi connectivity index (χ0) is 20.5. The highest BCUT2D eigenvalue weighted by Gasteiger charge is 2.17. The summed E-state index contributed by atoms with van der Waals surface area (Å²) in [7, 11) is 1.86. The summed E-state index contributed by atoms with van der Waals surface area (Å²) >= 11 is 4.92. The summed E-state index contributed by atoms with van der Waals surface area (Å²) in [4.78, 5) is 21.4. The first-order chi connectivity index (χ1) is 14.2. The van der Waals surface area contributed by atoms with Gasteiger partial charge in [-0.2, -0.15) is 0 Å². The second-order valence-electron chi connectivity index (χ2n) is 6.55. The van der Waals surface area contributed by atoms with E-state index >= 15 is 0 Å². The normalized spacial score (nSPS) is 15.0. The molecule has 1 aliphatic heterocycles. The molecule has 0 unspecified atom stereocenters. The molecular weight excluding hydrogens is 424 g/mol. The van der Waals surface area contributed by atoms with Crippen LogP contribution in [0, 0.1) is 5.92 Å². The SMILES string of the molecule is CNc1nc2ncc(NSc3cccs3)cc2s1.NCCN1CCC(C=O)CC1. The molecule has 0 saturated carbocycles. The van der Waals surface area contributed by atoms with E-state index in [1.54, 1.807) is 34.6 Å². The number of carbonyl (C=O) groups is 1. The summed E-state index contributed by atoms with van der Waals surface area (Å²) in [5.74, 6) is 0.309. The molecule has 0 atom stereocenters. The number of thiophene rings is 1. The van der Waals surface area contributed by atoms with Crippen LogP contribution < -0.4 is 15.8 Å². The Kier molecular flexibility index (Phi) is 8.69. The number of aldehydes is 1. The average molecular weight is 451 g/mol. The number of nitrogens with one attached hydrogen (secondary N) is 2. The molecule has 4 rings (SSSR count). The van der Waals surface area contributed by atoms with Crippen LogP contribution in [0.1, 0.15) is 12.8 Å². The number of piperidine rings is 1. The van der Waals surface area contributed by atoms with Crippen molar-refractivity contribution in [1.29, 1.82) is 0 Å². The van der Waals surface area contributed by atoms with Crippen LogP contribution in [0.4, 0.5) is 10.8 Å². The highest BCUT2D eigenvalue weighted by atomic mass is 32.2. The number of anilines is 2. The number of rotatable bonds is 7. The van der Waals surface area contributed by atoms with Gasteiger partial charge in [0.1, 0.15) is 6.29 Å². The van der Waals surface area contributed by atoms with Crippen molar-refractivity contribution in [1.82, 2.24) is 14.9 Å². The van der Waals surface area contributed by atoms with Crippen LogP contribution >= 0.6 is 34.6 Å². The molecule has 3 aromatic heterocycles. The lowest BCUT2D eigenvalue weighted by Gasteiger charge is -2.28. The van der Waals surface area contributed by atoms with Crippen LogP contribution in [0.25, 0.3) is 10.3 Å². The molecule has 29 heavy (non-hydrogen) atoms. The van der Waals surface area contributed by atoms with Crippen molar-refractivity contribution < 1.29 is 4.79 Å². The monoisotopic (exact) mass is 450 g/mol. The lowest BCUT2D eigenvalue weighted by atomic mass is 9.99. The van der Waals surface area contributed by atoms with E-state index in [0.717, 1.165) is 66.5 Å². The summed E-state index contributed by atoms with van der Waals surface area (Å²) in [5.41, 5.74) is 7.20. The number of aromatic nitrogens is 2. The summed E-state index contributed by atoms with van der Waals surface area (Å²) < 4.78 is 5.60. The minimum absolute atomic E-state index is 0.309. The quantitative estimate of drug-likeness (QED) is 0.370. The topological polar surface area (TPSA) is 96.2 Å². The number of nitrogens with zero attached hydrogens (tertiary/aromatic N) is 3. The maximum absolute atomic E-state index is 10.4. The molecule has 0 radical (unpaired) electrons. The smallest absolute Gasteiger partial charge is 0.185 e. The van der Waals surface area contributed by atoms with Crippen LogP contribution in [-0.4, -0.2) is 54.4 Å². The first-order valence-electron chi connectivity index (χ1n) is 9.50. The van der Waals surface area contributed by atoms with Crippen LogP contribution in [0.5, 0.6) is 0 Å². The minimum Gasteiger partial charge on any atom is -0.365 e. The molecule has 0 aliphatic carbocycles. The van der Waals surface area contributed by atoms with Gasteiger partial charge in [-0.1, -0.05) is 17.4 Å². The first kappa shape index (κ1) is 22.0. The van der Waals surface area contributed by atoms with Gasteiger partial charge in [0.25, 0.3) is 0 Å². The molecule has 0 amide bonds. The van der Waals surface area contributed by atoms with Crippen LogP contribution in [0.2, 0.25) is 0 Å². The van der Waals surface area contributed by atoms with Crippen LogP contribution in [0.15, 0.2) is 34.0 Å². The number of hydrogen-bond donors (Lipinski definition) is 3. The number of fused-ring (bicyclic) bond motifs is 1. The highest BCUT2D eigenvalue weighted by molar-refractivity contribution is 8.02. The Balaban J connectivity index is 0.000000188. The molecule has 156 valence electrons. The van der Waals surface area contributed by atoms with Crippen molar-refractivity contribution >= 4 is 62.1 Å². The van der Waals surface area contributed by atoms with Gasteiger partial charge in [0.2, 0.25) is 0 Å². The Bertz CT molecular complexity index is 877. The standard InChI is InChI=1S/C11H10N4S3.C8H16N2O/c1-12-11-14-10-8(17-11)5-7(6-13-10)15-18-9-3-2-4-16-9;9-3-6-10-4-1-8(7-11)2-5-10/h2-6,15H,1H3,(H,12,13,14);7-8H,1-6,9H2. The molecule has 4 N–H and O–H groups in total. The zero-order valence-electron chi connectivity index (χ0n) is 16.3. The summed E-state index contributed by atoms with van der Waals surface area (Å²) in [5, 5.41) is 5.99. The molecule has 0 spiro atoms. The number of nitrogens with two attached hydrogens (primary N) is 1. The number of likely N-dealkylation sites (tertiary alicyclic amines) is 1. The maximum Gasteiger partial charge on any atom is 0.185 e. The second-order valence-corrected chi connectivity index (χ2v) is 9.64. The Labute approximate surface area is 183 Å². The van der Waals surface area contributed by atoms with E-state index in [4.69, 9.17) is 5.73 Å². The van der Waals surface area contributed by atoms with Gasteiger partial charge in [0.05, 0.1) is 20.8 Å². The fraction of sp³-hybridized carbons (Fsp3) is 0.421. The van der Waals surface area contributed by atoms with Gasteiger partial charge < -0.3 is 25.5 Å². The fourth-order valence-corrected chi connectivity index (χ4v) is 5.14. The third-order valence-electron chi connectivity index (χ3n) is 4.50. The van der Waals surface area contributed by atoms with Crippen molar-refractivity contribution in [3.63, 3.8) is 0 Å². The van der Waals surface area contributed by atoms with Crippen molar-refractivity contribution in [2.75, 3.05) is 43.3 Å². The molecule has 1 saturated heterocycles. The minimum atomic E-state index is 0.309. The van der Waals surface area contributed by atoms with E-state index in [1.165, 1.54) is 4.21 Å². The van der Waals surface area contributed by atoms with Crippen LogP contribution in [-0.2, 0) is 4.79 Å². The first-order valence-corrected chi connectivity index (χ1v) is 12.0. The van der Waals surface area contributed by atoms with Crippen LogP contribution in [0.3, 0.4) is 0 Å². The van der Waals surface area contributed by atoms with Crippen molar-refractivity contribution in [3.8, 4) is 0 Å². The largest absolute Gasteiger partial charge is 0.365 e. The van der Waals surface area contributed by atoms with Gasteiger partial charge in [-0.15, -0.1) is 11.3 Å². The molecule has 3 aromatic rings. The molecule has 10 heteroatoms. The van der Waals surface area contributed by atoms with Gasteiger partial charge in [0.15, 0.2) is 10.8 Å². The van der Waals surface area contributed by atoms with Gasteiger partial charge in [0, 0.05) is 26.1 Å². The Morgan fingerprint density at radius 3 is 2.90 bits per heavy atom. The Morgan fingerprint density at radius 1 is 1.41 bits per heavy atom. The second kappa shape index (κ2) is 11.5. The predicted molar refractivity (Wildman–Crippen MR) is 125 cm³/mol. The molecule has 0 bridgehead atoms. The lowest BCUT2D eigenvalue weighted by Crippen LogP contribution is -2.37. The number of hydrogen-bond acceptors (Lipinski definition) is 10. The van der Waals surface area contributed by atoms with E-state index in [9.17, 15) is 4.79 Å². The summed E-state index contributed by atoms with van der Waals surface area (Å²) in [6.45, 7) is 3.79. The zero-order valence-corrected chi connectivity index (χ0v) is 18.8. The van der Waals surface area contributed by atoms with E-state index in [0.29, 0.717) is 5.92 Å². The summed E-state index contributed by atoms with van der Waals surface area (Å²) in [6.07, 6.45) is 4.93. The third kappa shape index (κ3) is 6.65. The van der Waals surface area contributed by atoms with Gasteiger partial charge in [-0.3, -0.25) is 0 Å². The summed E-state index contributed by atoms with van der Waals surface area (Å²) in [6, 6.07) is 6.19. The van der Waals surface area contributed by atoms with E-state index in [1.807, 2.05) is 19.3 Å². The van der Waals surface area contributed by atoms with Gasteiger partial charge >= 0.3 is 0 Å². The number of thiazole rings is 1. The molecule has 4 heterocycles. The average Bonchev–Trinajstić information content (AvgIpc) is 3.42. The van der Waals surface area contributed by atoms with Crippen molar-refractivity contribution in [2.24, 2.45) is 11.7 Å². The molecule has 1 aliphatic rings. The van der Waals surface area contributed by atoms with E-state index < -0.39 is 0 Å². The molecular formula is C19H26N6OS3. The highest BCUT2D eigenvalue weighted by Crippen LogP contribution is 2.29. The van der Waals surface area contributed by atoms with Gasteiger partial charge in [-0.05, 0) is 55.4 Å². The Morgan fingerprint density at radius 2 is 2.24 bits per heavy atom. The van der Waals surface area contributed by atoms with E-state index in [-0.39, 0.29) is 0 Å². The molecule has 1 fully saturated rings. The molecule has 7 nitrogen and oxygen atoms in total. The lowest BCUT2D eigenvalue weighted by molar-refractivity contribution is -0.112. The number of carbonyl (C=O) groups excluding carboxylic acids is 1. The van der Waals surface area contributed by atoms with Gasteiger partial charge in [-0.25, -0.2) is 9.97 Å². The molecule has 0 aromatic carbocycles. The third-order valence-corrected chi connectivity index (χ3v) is 7.38.